The van der Waals surface area contributed by atoms with Crippen molar-refractivity contribution in [2.24, 2.45) is 0 Å². The Hall–Kier alpha value is -2.33. The summed E-state index contributed by atoms with van der Waals surface area (Å²) in [5.41, 5.74) is 3.79. The number of pyridine rings is 1. The number of nitrogens with one attached hydrogen (secondary N) is 2. The second kappa shape index (κ2) is 4.98. The average Bonchev–Trinajstić information content (AvgIpc) is 2.87. The van der Waals surface area contributed by atoms with Crippen LogP contribution >= 0.6 is 11.6 Å². The predicted octanol–water partition coefficient (Wildman–Crippen LogP) is 3.24. The van der Waals surface area contributed by atoms with Gasteiger partial charge in [-0.05, 0) is 29.8 Å². The molecule has 2 aromatic heterocycles. The molecule has 0 fully saturated rings. The molecule has 3 aromatic rings. The Kier molecular flexibility index (Phi) is 3.16. The maximum Gasteiger partial charge on any atom is 0.268 e. The highest BCUT2D eigenvalue weighted by Gasteiger charge is 2.18. The first-order valence-corrected chi connectivity index (χ1v) is 6.53. The van der Waals surface area contributed by atoms with Crippen LogP contribution in [0.3, 0.4) is 0 Å². The molecule has 0 saturated heterocycles. The van der Waals surface area contributed by atoms with Crippen LogP contribution in [0, 0.1) is 0 Å². The Labute approximate surface area is 120 Å². The summed E-state index contributed by atoms with van der Waals surface area (Å²) in [5.74, 6) is -0.173. The number of benzene rings is 1. The van der Waals surface area contributed by atoms with Crippen molar-refractivity contribution < 1.29 is 4.79 Å². The number of rotatable bonds is 2. The van der Waals surface area contributed by atoms with Crippen LogP contribution in [0.4, 0.5) is 0 Å². The Morgan fingerprint density at radius 1 is 1.25 bits per heavy atom. The van der Waals surface area contributed by atoms with Gasteiger partial charge in [-0.25, -0.2) is 0 Å². The van der Waals surface area contributed by atoms with Crippen LogP contribution in [-0.4, -0.2) is 22.9 Å². The highest BCUT2D eigenvalue weighted by Crippen LogP contribution is 2.31. The lowest BCUT2D eigenvalue weighted by Crippen LogP contribution is -2.18. The normalized spacial score (nSPS) is 10.7. The van der Waals surface area contributed by atoms with Crippen molar-refractivity contribution in [1.29, 1.82) is 0 Å². The van der Waals surface area contributed by atoms with Crippen molar-refractivity contribution in [3.8, 4) is 11.1 Å². The minimum absolute atomic E-state index is 0.173. The molecule has 3 rings (SSSR count). The van der Waals surface area contributed by atoms with Gasteiger partial charge in [-0.2, -0.15) is 0 Å². The molecule has 2 N–H and O–H groups in total. The standard InChI is InChI=1S/C15H12ClN3O/c1-17-15(20)14-12(9-4-6-10(16)7-5-9)13-11(19-14)3-2-8-18-13/h2-8,19H,1H3,(H,17,20). The Balaban J connectivity index is 2.31. The summed E-state index contributed by atoms with van der Waals surface area (Å²) in [7, 11) is 1.60. The number of halogens is 1. The second-order valence-electron chi connectivity index (χ2n) is 4.36. The molecule has 4 nitrogen and oxygen atoms in total. The van der Waals surface area contributed by atoms with Crippen molar-refractivity contribution in [1.82, 2.24) is 15.3 Å². The van der Waals surface area contributed by atoms with Gasteiger partial charge in [0.2, 0.25) is 0 Å². The zero-order valence-corrected chi connectivity index (χ0v) is 11.5. The summed E-state index contributed by atoms with van der Waals surface area (Å²) in [6, 6.07) is 11.1. The third kappa shape index (κ3) is 2.04. The van der Waals surface area contributed by atoms with Gasteiger partial charge in [0.25, 0.3) is 5.91 Å². The number of carbonyl (C=O) groups is 1. The van der Waals surface area contributed by atoms with E-state index in [0.717, 1.165) is 22.2 Å². The molecule has 0 unspecified atom stereocenters. The molecular weight excluding hydrogens is 274 g/mol. The molecule has 0 aliphatic heterocycles. The van der Waals surface area contributed by atoms with E-state index in [2.05, 4.69) is 15.3 Å². The van der Waals surface area contributed by atoms with E-state index in [1.165, 1.54) is 0 Å². The van der Waals surface area contributed by atoms with Gasteiger partial charge in [0.15, 0.2) is 0 Å². The van der Waals surface area contributed by atoms with Crippen LogP contribution in [-0.2, 0) is 0 Å². The van der Waals surface area contributed by atoms with Crippen LogP contribution in [0.2, 0.25) is 5.02 Å². The molecule has 5 heteroatoms. The molecule has 0 atom stereocenters. The molecule has 0 bridgehead atoms. The lowest BCUT2D eigenvalue weighted by atomic mass is 10.0. The molecule has 2 heterocycles. The number of amides is 1. The second-order valence-corrected chi connectivity index (χ2v) is 4.80. The van der Waals surface area contributed by atoms with Crippen molar-refractivity contribution in [2.75, 3.05) is 7.05 Å². The van der Waals surface area contributed by atoms with Gasteiger partial charge in [0, 0.05) is 23.8 Å². The minimum Gasteiger partial charge on any atom is -0.354 e. The quantitative estimate of drug-likeness (QED) is 0.759. The topological polar surface area (TPSA) is 57.8 Å². The van der Waals surface area contributed by atoms with E-state index in [4.69, 9.17) is 11.6 Å². The number of carbonyl (C=O) groups excluding carboxylic acids is 1. The number of aromatic nitrogens is 2. The molecule has 1 amide bonds. The van der Waals surface area contributed by atoms with E-state index in [1.807, 2.05) is 24.3 Å². The van der Waals surface area contributed by atoms with Crippen molar-refractivity contribution in [3.63, 3.8) is 0 Å². The summed E-state index contributed by atoms with van der Waals surface area (Å²) in [5, 5.41) is 3.30. The third-order valence-electron chi connectivity index (χ3n) is 3.14. The third-order valence-corrected chi connectivity index (χ3v) is 3.39. The summed E-state index contributed by atoms with van der Waals surface area (Å²) < 4.78 is 0. The van der Waals surface area contributed by atoms with Crippen LogP contribution in [0.5, 0.6) is 0 Å². The van der Waals surface area contributed by atoms with E-state index in [-0.39, 0.29) is 5.91 Å². The Bertz CT molecular complexity index is 777. The zero-order valence-electron chi connectivity index (χ0n) is 10.8. The number of aromatic amines is 1. The number of nitrogens with zero attached hydrogens (tertiary/aromatic N) is 1. The smallest absolute Gasteiger partial charge is 0.268 e. The van der Waals surface area contributed by atoms with Crippen LogP contribution < -0.4 is 5.32 Å². The highest BCUT2D eigenvalue weighted by molar-refractivity contribution is 6.30. The molecule has 0 saturated carbocycles. The van der Waals surface area contributed by atoms with Crippen LogP contribution in [0.15, 0.2) is 42.6 Å². The highest BCUT2D eigenvalue weighted by atomic mass is 35.5. The molecule has 0 radical (unpaired) electrons. The molecular formula is C15H12ClN3O. The van der Waals surface area contributed by atoms with Crippen molar-refractivity contribution in [3.05, 3.63) is 53.3 Å². The van der Waals surface area contributed by atoms with E-state index < -0.39 is 0 Å². The molecule has 0 aliphatic carbocycles. The summed E-state index contributed by atoms with van der Waals surface area (Å²) in [6.07, 6.45) is 1.71. The minimum atomic E-state index is -0.173. The fourth-order valence-electron chi connectivity index (χ4n) is 2.21. The molecule has 20 heavy (non-hydrogen) atoms. The average molecular weight is 286 g/mol. The first kappa shape index (κ1) is 12.7. The summed E-state index contributed by atoms with van der Waals surface area (Å²) >= 11 is 5.92. The van der Waals surface area contributed by atoms with Gasteiger partial charge >= 0.3 is 0 Å². The number of hydrogen-bond acceptors (Lipinski definition) is 2. The zero-order chi connectivity index (χ0) is 14.1. The summed E-state index contributed by atoms with van der Waals surface area (Å²) in [6.45, 7) is 0. The first-order chi connectivity index (χ1) is 9.70. The Morgan fingerprint density at radius 3 is 2.70 bits per heavy atom. The molecule has 1 aromatic carbocycles. The van der Waals surface area contributed by atoms with E-state index in [0.29, 0.717) is 10.7 Å². The monoisotopic (exact) mass is 285 g/mol. The first-order valence-electron chi connectivity index (χ1n) is 6.15. The van der Waals surface area contributed by atoms with Gasteiger partial charge in [0.05, 0.1) is 11.0 Å². The van der Waals surface area contributed by atoms with Gasteiger partial charge in [0.1, 0.15) is 5.69 Å². The predicted molar refractivity (Wildman–Crippen MR) is 79.9 cm³/mol. The maximum atomic E-state index is 12.0. The van der Waals surface area contributed by atoms with Gasteiger partial charge in [-0.15, -0.1) is 0 Å². The molecule has 100 valence electrons. The SMILES string of the molecule is CNC(=O)c1[nH]c2cccnc2c1-c1ccc(Cl)cc1. The molecule has 0 spiro atoms. The largest absolute Gasteiger partial charge is 0.354 e. The van der Waals surface area contributed by atoms with Gasteiger partial charge < -0.3 is 10.3 Å². The van der Waals surface area contributed by atoms with E-state index >= 15 is 0 Å². The maximum absolute atomic E-state index is 12.0. The van der Waals surface area contributed by atoms with Crippen molar-refractivity contribution in [2.45, 2.75) is 0 Å². The fraction of sp³-hybridized carbons (Fsp3) is 0.0667. The van der Waals surface area contributed by atoms with Crippen molar-refractivity contribution >= 4 is 28.5 Å². The van der Waals surface area contributed by atoms with Crippen LogP contribution in [0.25, 0.3) is 22.2 Å². The molecule has 0 aliphatic rings. The van der Waals surface area contributed by atoms with E-state index in [1.54, 1.807) is 25.4 Å². The number of fused-ring (bicyclic) bond motifs is 1. The fourth-order valence-corrected chi connectivity index (χ4v) is 2.34. The Morgan fingerprint density at radius 2 is 2.00 bits per heavy atom. The number of H-pyrrole nitrogens is 1. The van der Waals surface area contributed by atoms with Gasteiger partial charge in [-0.3, -0.25) is 9.78 Å². The summed E-state index contributed by atoms with van der Waals surface area (Å²) in [4.78, 5) is 19.5. The van der Waals surface area contributed by atoms with Crippen LogP contribution in [0.1, 0.15) is 10.5 Å². The lowest BCUT2D eigenvalue weighted by molar-refractivity contribution is 0.0959. The van der Waals surface area contributed by atoms with Gasteiger partial charge in [-0.1, -0.05) is 23.7 Å². The van der Waals surface area contributed by atoms with E-state index in [9.17, 15) is 4.79 Å². The number of hydrogen-bond donors (Lipinski definition) is 2. The lowest BCUT2D eigenvalue weighted by Gasteiger charge is -2.04.